The molecule has 0 radical (unpaired) electrons. The Bertz CT molecular complexity index is 542. The van der Waals surface area contributed by atoms with E-state index in [0.29, 0.717) is 11.4 Å². The van der Waals surface area contributed by atoms with E-state index in [2.05, 4.69) is 15.7 Å². The zero-order valence-corrected chi connectivity index (χ0v) is 13.6. The number of rotatable bonds is 4. The van der Waals surface area contributed by atoms with Crippen LogP contribution in [0.2, 0.25) is 0 Å². The highest BCUT2D eigenvalue weighted by atomic mass is 16.2. The first-order valence-electron chi connectivity index (χ1n) is 6.92. The number of nitrogen functional groups attached to an aromatic ring is 1. The predicted molar refractivity (Wildman–Crippen MR) is 81.6 cm³/mol. The molecule has 7 nitrogen and oxygen atoms in total. The van der Waals surface area contributed by atoms with E-state index >= 15 is 0 Å². The Morgan fingerprint density at radius 3 is 2.33 bits per heavy atom. The Morgan fingerprint density at radius 1 is 1.33 bits per heavy atom. The second-order valence-corrected chi connectivity index (χ2v) is 6.27. The van der Waals surface area contributed by atoms with Crippen LogP contribution in [-0.4, -0.2) is 33.2 Å². The quantitative estimate of drug-likeness (QED) is 0.752. The minimum absolute atomic E-state index is 0.0387. The molecule has 0 aliphatic carbocycles. The fourth-order valence-corrected chi connectivity index (χ4v) is 1.83. The summed E-state index contributed by atoms with van der Waals surface area (Å²) in [5.41, 5.74) is 7.51. The average Bonchev–Trinajstić information content (AvgIpc) is 2.54. The van der Waals surface area contributed by atoms with Crippen molar-refractivity contribution < 1.29 is 9.59 Å². The number of nitrogens with one attached hydrogen (secondary N) is 2. The normalized spacial score (nSPS) is 12.9. The van der Waals surface area contributed by atoms with Crippen molar-refractivity contribution in [1.82, 2.24) is 20.4 Å². The van der Waals surface area contributed by atoms with E-state index in [-0.39, 0.29) is 23.9 Å². The van der Waals surface area contributed by atoms with Crippen molar-refractivity contribution in [2.45, 2.75) is 59.7 Å². The van der Waals surface area contributed by atoms with Crippen molar-refractivity contribution in [2.24, 2.45) is 0 Å². The molecule has 0 saturated heterocycles. The molecule has 7 heteroatoms. The second-order valence-electron chi connectivity index (χ2n) is 6.27. The van der Waals surface area contributed by atoms with Crippen LogP contribution in [0.25, 0.3) is 0 Å². The summed E-state index contributed by atoms with van der Waals surface area (Å²) in [6.07, 6.45) is 0. The molecule has 0 fully saturated rings. The Kier molecular flexibility index (Phi) is 4.98. The largest absolute Gasteiger partial charge is 0.396 e. The summed E-state index contributed by atoms with van der Waals surface area (Å²) in [6.45, 7) is 10.9. The Morgan fingerprint density at radius 2 is 1.90 bits per heavy atom. The van der Waals surface area contributed by atoms with Crippen molar-refractivity contribution in [3.63, 3.8) is 0 Å². The summed E-state index contributed by atoms with van der Waals surface area (Å²) in [4.78, 5) is 23.9. The third kappa shape index (κ3) is 4.77. The van der Waals surface area contributed by atoms with E-state index in [1.807, 2.05) is 20.8 Å². The zero-order chi connectivity index (χ0) is 16.4. The summed E-state index contributed by atoms with van der Waals surface area (Å²) in [6, 6.07) is -0.606. The van der Waals surface area contributed by atoms with Crippen LogP contribution in [0.5, 0.6) is 0 Å². The number of hydrogen-bond acceptors (Lipinski definition) is 4. The van der Waals surface area contributed by atoms with Crippen LogP contribution >= 0.6 is 0 Å². The molecule has 1 heterocycles. The molecule has 21 heavy (non-hydrogen) atoms. The summed E-state index contributed by atoms with van der Waals surface area (Å²) in [7, 11) is 0. The van der Waals surface area contributed by atoms with Gasteiger partial charge >= 0.3 is 0 Å². The Balaban J connectivity index is 2.61. The van der Waals surface area contributed by atoms with Crippen molar-refractivity contribution in [1.29, 1.82) is 0 Å². The lowest BCUT2D eigenvalue weighted by Gasteiger charge is -2.23. The number of hydrogen-bond donors (Lipinski definition) is 3. The van der Waals surface area contributed by atoms with Gasteiger partial charge in [-0.05, 0) is 41.5 Å². The third-order valence-electron chi connectivity index (χ3n) is 3.00. The number of amides is 2. The molecule has 1 unspecified atom stereocenters. The van der Waals surface area contributed by atoms with E-state index < -0.39 is 6.04 Å². The first-order chi connectivity index (χ1) is 9.51. The highest BCUT2D eigenvalue weighted by molar-refractivity contribution is 5.87. The van der Waals surface area contributed by atoms with Crippen LogP contribution in [0.4, 0.5) is 5.69 Å². The molecule has 0 aromatic carbocycles. The number of aryl methyl sites for hydroxylation is 1. The van der Waals surface area contributed by atoms with Gasteiger partial charge in [0.2, 0.25) is 11.8 Å². The summed E-state index contributed by atoms with van der Waals surface area (Å²) in [5, 5.41) is 9.66. The number of carbonyl (C=O) groups excluding carboxylic acids is 2. The molecule has 4 N–H and O–H groups in total. The molecule has 0 aliphatic heterocycles. The molecule has 2 amide bonds. The molecule has 0 aliphatic rings. The lowest BCUT2D eigenvalue weighted by molar-refractivity contribution is -0.129. The maximum Gasteiger partial charge on any atom is 0.242 e. The number of anilines is 1. The molecular formula is C14H25N5O2. The predicted octanol–water partition coefficient (Wildman–Crippen LogP) is 0.502. The molecule has 1 aromatic heterocycles. The number of nitrogens with zero attached hydrogens (tertiary/aromatic N) is 2. The summed E-state index contributed by atoms with van der Waals surface area (Å²) >= 11 is 0. The standard InChI is InChI=1S/C14H25N5O2/c1-8-12(15)10(3)19(18-8)7-11(20)16-9(2)13(21)17-14(4,5)6/h9H,7,15H2,1-6H3,(H,16,20)(H,17,21). The van der Waals surface area contributed by atoms with Gasteiger partial charge in [-0.3, -0.25) is 14.3 Å². The monoisotopic (exact) mass is 295 g/mol. The van der Waals surface area contributed by atoms with Gasteiger partial charge in [0, 0.05) is 5.54 Å². The number of aromatic nitrogens is 2. The summed E-state index contributed by atoms with van der Waals surface area (Å²) in [5.74, 6) is -0.499. The molecule has 118 valence electrons. The Hall–Kier alpha value is -2.05. The van der Waals surface area contributed by atoms with Crippen LogP contribution in [-0.2, 0) is 16.1 Å². The van der Waals surface area contributed by atoms with Crippen LogP contribution in [0.3, 0.4) is 0 Å². The van der Waals surface area contributed by atoms with Crippen LogP contribution in [0, 0.1) is 13.8 Å². The zero-order valence-electron chi connectivity index (χ0n) is 13.6. The van der Waals surface area contributed by atoms with Gasteiger partial charge in [0.15, 0.2) is 0 Å². The maximum absolute atomic E-state index is 12.0. The van der Waals surface area contributed by atoms with Gasteiger partial charge < -0.3 is 16.4 Å². The molecule has 0 saturated carbocycles. The lowest BCUT2D eigenvalue weighted by Crippen LogP contribution is -2.51. The minimum Gasteiger partial charge on any atom is -0.396 e. The van der Waals surface area contributed by atoms with E-state index in [4.69, 9.17) is 5.73 Å². The SMILES string of the molecule is Cc1nn(CC(=O)NC(C)C(=O)NC(C)(C)C)c(C)c1N. The van der Waals surface area contributed by atoms with Crippen LogP contribution in [0.1, 0.15) is 39.1 Å². The molecule has 1 rings (SSSR count). The van der Waals surface area contributed by atoms with Gasteiger partial charge in [-0.1, -0.05) is 0 Å². The first-order valence-corrected chi connectivity index (χ1v) is 6.92. The van der Waals surface area contributed by atoms with Crippen LogP contribution in [0.15, 0.2) is 0 Å². The Labute approximate surface area is 125 Å². The lowest BCUT2D eigenvalue weighted by atomic mass is 10.1. The average molecular weight is 295 g/mol. The van der Waals surface area contributed by atoms with Gasteiger partial charge in [0.1, 0.15) is 12.6 Å². The molecule has 1 aromatic rings. The van der Waals surface area contributed by atoms with E-state index in [0.717, 1.165) is 5.69 Å². The highest BCUT2D eigenvalue weighted by Gasteiger charge is 2.21. The summed E-state index contributed by atoms with van der Waals surface area (Å²) < 4.78 is 1.54. The van der Waals surface area contributed by atoms with Crippen molar-refractivity contribution >= 4 is 17.5 Å². The number of carbonyl (C=O) groups is 2. The molecule has 1 atom stereocenters. The maximum atomic E-state index is 12.0. The van der Waals surface area contributed by atoms with Crippen molar-refractivity contribution in [3.05, 3.63) is 11.4 Å². The topological polar surface area (TPSA) is 102 Å². The fourth-order valence-electron chi connectivity index (χ4n) is 1.83. The minimum atomic E-state index is -0.606. The second kappa shape index (κ2) is 6.15. The third-order valence-corrected chi connectivity index (χ3v) is 3.00. The van der Waals surface area contributed by atoms with E-state index in [9.17, 15) is 9.59 Å². The van der Waals surface area contributed by atoms with Gasteiger partial charge in [-0.25, -0.2) is 0 Å². The van der Waals surface area contributed by atoms with Gasteiger partial charge in [-0.15, -0.1) is 0 Å². The van der Waals surface area contributed by atoms with E-state index in [1.165, 1.54) is 4.68 Å². The van der Waals surface area contributed by atoms with Gasteiger partial charge in [-0.2, -0.15) is 5.10 Å². The van der Waals surface area contributed by atoms with Gasteiger partial charge in [0.25, 0.3) is 0 Å². The number of nitrogens with two attached hydrogens (primary N) is 1. The van der Waals surface area contributed by atoms with Crippen LogP contribution < -0.4 is 16.4 Å². The van der Waals surface area contributed by atoms with Crippen molar-refractivity contribution in [2.75, 3.05) is 5.73 Å². The molecular weight excluding hydrogens is 270 g/mol. The van der Waals surface area contributed by atoms with E-state index in [1.54, 1.807) is 20.8 Å². The van der Waals surface area contributed by atoms with Gasteiger partial charge in [0.05, 0.1) is 17.1 Å². The van der Waals surface area contributed by atoms with Crippen molar-refractivity contribution in [3.8, 4) is 0 Å². The smallest absolute Gasteiger partial charge is 0.242 e. The first kappa shape index (κ1) is 17.0. The highest BCUT2D eigenvalue weighted by Crippen LogP contribution is 2.14. The molecule has 0 spiro atoms. The molecule has 0 bridgehead atoms. The fraction of sp³-hybridized carbons (Fsp3) is 0.643.